The summed E-state index contributed by atoms with van der Waals surface area (Å²) < 4.78 is 149. The molecule has 0 unspecified atom stereocenters. The van der Waals surface area contributed by atoms with Crippen LogP contribution in [-0.4, -0.2) is 38.1 Å². The normalized spacial score (nSPS) is 23.7. The highest BCUT2D eigenvalue weighted by Gasteiger charge is 2.68. The maximum absolute atomic E-state index is 15.0. The van der Waals surface area contributed by atoms with Gasteiger partial charge in [-0.2, -0.15) is 22.0 Å². The van der Waals surface area contributed by atoms with E-state index in [0.717, 1.165) is 6.42 Å². The summed E-state index contributed by atoms with van der Waals surface area (Å²) in [5.41, 5.74) is -2.37. The molecule has 208 valence electrons. The van der Waals surface area contributed by atoms with Gasteiger partial charge in [-0.05, 0) is 24.1 Å². The van der Waals surface area contributed by atoms with E-state index in [2.05, 4.69) is 9.47 Å². The summed E-state index contributed by atoms with van der Waals surface area (Å²) in [5.74, 6) is -11.5. The molecule has 3 fully saturated rings. The number of ether oxygens (including phenoxy) is 5. The summed E-state index contributed by atoms with van der Waals surface area (Å²) in [5, 5.41) is 0. The van der Waals surface area contributed by atoms with E-state index in [1.54, 1.807) is 0 Å². The minimum atomic E-state index is -4.82. The lowest BCUT2D eigenvalue weighted by Crippen LogP contribution is -2.68. The van der Waals surface area contributed by atoms with Crippen molar-refractivity contribution in [3.63, 3.8) is 0 Å². The van der Waals surface area contributed by atoms with Crippen molar-refractivity contribution in [2.24, 2.45) is 5.41 Å². The summed E-state index contributed by atoms with van der Waals surface area (Å²) in [4.78, 5) is 0. The minimum absolute atomic E-state index is 0.0201. The summed E-state index contributed by atoms with van der Waals surface area (Å²) >= 11 is 0. The number of halogens is 9. The molecular weight excluding hydrogens is 539 g/mol. The van der Waals surface area contributed by atoms with Crippen molar-refractivity contribution in [1.82, 2.24) is 0 Å². The highest BCUT2D eigenvalue weighted by Crippen LogP contribution is 2.48. The summed E-state index contributed by atoms with van der Waals surface area (Å²) in [6.07, 6.45) is -8.33. The quantitative estimate of drug-likeness (QED) is 0.262. The number of fused-ring (bicyclic) bond motifs is 3. The molecule has 0 N–H and O–H groups in total. The molecule has 14 heteroatoms. The highest BCUT2D eigenvalue weighted by atomic mass is 19.4. The van der Waals surface area contributed by atoms with Crippen LogP contribution >= 0.6 is 0 Å². The van der Waals surface area contributed by atoms with Gasteiger partial charge in [-0.15, -0.1) is 0 Å². The molecule has 0 aromatic heterocycles. The molecule has 0 radical (unpaired) electrons. The molecule has 2 bridgehead atoms. The van der Waals surface area contributed by atoms with Crippen LogP contribution in [-0.2, 0) is 14.2 Å². The maximum atomic E-state index is 15.0. The Morgan fingerprint density at radius 2 is 1.37 bits per heavy atom. The summed E-state index contributed by atoms with van der Waals surface area (Å²) in [6.45, 7) is 1.52. The lowest BCUT2D eigenvalue weighted by atomic mass is 9.84. The van der Waals surface area contributed by atoms with Crippen LogP contribution in [0, 0.1) is 28.7 Å². The van der Waals surface area contributed by atoms with Crippen LogP contribution in [0.5, 0.6) is 11.5 Å². The highest BCUT2D eigenvalue weighted by molar-refractivity contribution is 5.67. The van der Waals surface area contributed by atoms with Crippen molar-refractivity contribution >= 4 is 0 Å². The van der Waals surface area contributed by atoms with Crippen LogP contribution in [0.4, 0.5) is 39.5 Å². The fourth-order valence-electron chi connectivity index (χ4n) is 4.08. The van der Waals surface area contributed by atoms with Crippen molar-refractivity contribution in [2.75, 3.05) is 19.8 Å². The third-order valence-corrected chi connectivity index (χ3v) is 5.83. The first-order chi connectivity index (χ1) is 17.7. The summed E-state index contributed by atoms with van der Waals surface area (Å²) in [6, 6.07) is 1.44. The van der Waals surface area contributed by atoms with Crippen LogP contribution in [0.3, 0.4) is 0 Å². The van der Waals surface area contributed by atoms with Gasteiger partial charge in [-0.1, -0.05) is 13.3 Å². The average molecular weight is 558 g/mol. The Bertz CT molecular complexity index is 1160. The lowest BCUT2D eigenvalue weighted by Gasteiger charge is -2.52. The zero-order valence-corrected chi connectivity index (χ0v) is 19.4. The predicted molar refractivity (Wildman–Crippen MR) is 111 cm³/mol. The Hall–Kier alpha value is -2.97. The second kappa shape index (κ2) is 9.97. The number of hydrogen-bond donors (Lipinski definition) is 0. The van der Waals surface area contributed by atoms with Gasteiger partial charge < -0.3 is 23.7 Å². The number of rotatable bonds is 8. The number of allylic oxidation sites excluding steroid dienone is 1. The molecule has 3 saturated heterocycles. The first kappa shape index (κ1) is 28.0. The van der Waals surface area contributed by atoms with E-state index >= 15 is 0 Å². The molecule has 2 aromatic rings. The van der Waals surface area contributed by atoms with Crippen molar-refractivity contribution in [2.45, 2.75) is 38.0 Å². The maximum Gasteiger partial charge on any atom is 0.484 e. The summed E-state index contributed by atoms with van der Waals surface area (Å²) in [7, 11) is 0. The number of benzene rings is 2. The standard InChI is InChI=1S/C24H19F9O5/c1-2-3-21-10-35-24(36-11-21,37-12-21)23(32,33)38-14-8-15(25)19(16(26)9-14)13-6-17(27)20(18(28)7-13)34-5-4-22(29,30)31/h4-9H,2-3,10-12H2,1H3. The van der Waals surface area contributed by atoms with E-state index in [1.165, 1.54) is 0 Å². The van der Waals surface area contributed by atoms with Gasteiger partial charge in [0.1, 0.15) is 17.4 Å². The van der Waals surface area contributed by atoms with Gasteiger partial charge in [0.05, 0.1) is 37.7 Å². The Balaban J connectivity index is 1.55. The molecule has 38 heavy (non-hydrogen) atoms. The molecule has 5 rings (SSSR count). The monoisotopic (exact) mass is 558 g/mol. The molecule has 3 aliphatic heterocycles. The second-order valence-electron chi connectivity index (χ2n) is 8.78. The van der Waals surface area contributed by atoms with Gasteiger partial charge in [0.25, 0.3) is 0 Å². The minimum Gasteiger partial charge on any atom is -0.459 e. The van der Waals surface area contributed by atoms with Crippen molar-refractivity contribution in [1.29, 1.82) is 0 Å². The first-order valence-electron chi connectivity index (χ1n) is 11.1. The first-order valence-corrected chi connectivity index (χ1v) is 11.1. The van der Waals surface area contributed by atoms with Crippen molar-refractivity contribution < 1.29 is 63.2 Å². The lowest BCUT2D eigenvalue weighted by molar-refractivity contribution is -0.548. The zero-order chi connectivity index (χ0) is 27.9. The third kappa shape index (κ3) is 5.43. The van der Waals surface area contributed by atoms with Gasteiger partial charge in [-0.3, -0.25) is 0 Å². The van der Waals surface area contributed by atoms with Gasteiger partial charge in [0, 0.05) is 17.5 Å². The van der Waals surface area contributed by atoms with Gasteiger partial charge in [0.15, 0.2) is 17.4 Å². The Morgan fingerprint density at radius 1 is 0.842 bits per heavy atom. The Kier molecular flexibility index (Phi) is 7.36. The molecule has 2 aromatic carbocycles. The molecule has 0 atom stereocenters. The van der Waals surface area contributed by atoms with Crippen LogP contribution in [0.15, 0.2) is 36.6 Å². The number of hydrogen-bond acceptors (Lipinski definition) is 5. The molecular formula is C24H19F9O5. The van der Waals surface area contributed by atoms with Crippen LogP contribution in [0.2, 0.25) is 0 Å². The van der Waals surface area contributed by atoms with Crippen LogP contribution in [0.1, 0.15) is 19.8 Å². The smallest absolute Gasteiger partial charge is 0.459 e. The Morgan fingerprint density at radius 3 is 1.84 bits per heavy atom. The van der Waals surface area contributed by atoms with E-state index in [1.807, 2.05) is 6.92 Å². The largest absolute Gasteiger partial charge is 0.484 e. The molecule has 0 spiro atoms. The van der Waals surface area contributed by atoms with Crippen molar-refractivity contribution in [3.8, 4) is 22.6 Å². The van der Waals surface area contributed by atoms with E-state index in [9.17, 15) is 39.5 Å². The topological polar surface area (TPSA) is 46.2 Å². The third-order valence-electron chi connectivity index (χ3n) is 5.83. The fourth-order valence-corrected chi connectivity index (χ4v) is 4.08. The van der Waals surface area contributed by atoms with E-state index in [-0.39, 0.29) is 26.1 Å². The van der Waals surface area contributed by atoms with E-state index in [0.29, 0.717) is 30.7 Å². The molecule has 0 aliphatic carbocycles. The van der Waals surface area contributed by atoms with Crippen LogP contribution in [0.25, 0.3) is 11.1 Å². The zero-order valence-electron chi connectivity index (χ0n) is 19.4. The van der Waals surface area contributed by atoms with Gasteiger partial charge in [0.2, 0.25) is 0 Å². The van der Waals surface area contributed by atoms with Gasteiger partial charge in [-0.25, -0.2) is 17.6 Å². The SMILES string of the molecule is CCCC12COC(C(F)(F)Oc3cc(F)c(-c4cc(F)c(OC=CC(F)(F)F)c(F)c4)c(F)c3)(OC1)OC2. The van der Waals surface area contributed by atoms with E-state index < -0.39 is 75.6 Å². The van der Waals surface area contributed by atoms with Crippen molar-refractivity contribution in [3.05, 3.63) is 59.9 Å². The molecule has 3 heterocycles. The van der Waals surface area contributed by atoms with Crippen LogP contribution < -0.4 is 9.47 Å². The fraction of sp³-hybridized carbons (Fsp3) is 0.417. The second-order valence-corrected chi connectivity index (χ2v) is 8.78. The average Bonchev–Trinajstić information content (AvgIpc) is 2.80. The molecule has 0 saturated carbocycles. The molecule has 0 amide bonds. The van der Waals surface area contributed by atoms with Gasteiger partial charge >= 0.3 is 18.3 Å². The Labute approximate surface area is 209 Å². The number of alkyl halides is 5. The molecule has 3 aliphatic rings. The predicted octanol–water partition coefficient (Wildman–Crippen LogP) is 6.85. The molecule has 5 nitrogen and oxygen atoms in total. The van der Waals surface area contributed by atoms with E-state index in [4.69, 9.17) is 14.2 Å².